The van der Waals surface area contributed by atoms with E-state index in [0.29, 0.717) is 27.8 Å². The van der Waals surface area contributed by atoms with Crippen LogP contribution in [0.1, 0.15) is 25.0 Å². The van der Waals surface area contributed by atoms with Crippen LogP contribution in [-0.4, -0.2) is 17.6 Å². The number of ether oxygens (including phenoxy) is 1. The Hall–Kier alpha value is -0.950. The maximum absolute atomic E-state index is 9.87. The van der Waals surface area contributed by atoms with Crippen molar-refractivity contribution >= 4 is 23.2 Å². The second kappa shape index (κ2) is 5.59. The highest BCUT2D eigenvalue weighted by Gasteiger charge is 2.20. The summed E-state index contributed by atoms with van der Waals surface area (Å²) >= 11 is 11.5. The van der Waals surface area contributed by atoms with Crippen LogP contribution in [0.2, 0.25) is 5.02 Å². The molecule has 0 spiro atoms. The van der Waals surface area contributed by atoms with Crippen LogP contribution in [0, 0.1) is 11.3 Å². The van der Waals surface area contributed by atoms with Crippen LogP contribution in [-0.2, 0) is 5.60 Å². The fraction of sp³-hybridized carbons (Fsp3) is 0.417. The lowest BCUT2D eigenvalue weighted by molar-refractivity contribution is 0.0785. The van der Waals surface area contributed by atoms with Gasteiger partial charge in [-0.15, -0.1) is 11.6 Å². The first-order chi connectivity index (χ1) is 7.90. The van der Waals surface area contributed by atoms with Gasteiger partial charge in [0.25, 0.3) is 0 Å². The minimum atomic E-state index is -1.06. The third-order valence-electron chi connectivity index (χ3n) is 2.19. The van der Waals surface area contributed by atoms with Crippen molar-refractivity contribution in [3.63, 3.8) is 0 Å². The fourth-order valence-corrected chi connectivity index (χ4v) is 1.67. The molecule has 3 nitrogen and oxygen atoms in total. The minimum Gasteiger partial charge on any atom is -0.489 e. The molecule has 0 fully saturated rings. The number of halogens is 2. The predicted molar refractivity (Wildman–Crippen MR) is 67.6 cm³/mol. The molecule has 0 heterocycles. The Morgan fingerprint density at radius 2 is 2.12 bits per heavy atom. The van der Waals surface area contributed by atoms with Gasteiger partial charge in [-0.05, 0) is 31.5 Å². The normalized spacial score (nSPS) is 11.1. The number of hydrogen-bond acceptors (Lipinski definition) is 3. The van der Waals surface area contributed by atoms with E-state index in [-0.39, 0.29) is 6.61 Å². The van der Waals surface area contributed by atoms with E-state index in [1.54, 1.807) is 26.0 Å². The highest BCUT2D eigenvalue weighted by molar-refractivity contribution is 6.32. The number of nitrogens with zero attached hydrogens (tertiary/aromatic N) is 1. The molecule has 0 unspecified atom stereocenters. The predicted octanol–water partition coefficient (Wildman–Crippen LogP) is 3.06. The smallest absolute Gasteiger partial charge is 0.155 e. The molecular formula is C12H13Cl2NO2. The molecule has 0 bridgehead atoms. The third kappa shape index (κ3) is 3.50. The maximum atomic E-state index is 9.87. The zero-order valence-corrected chi connectivity index (χ0v) is 11.1. The van der Waals surface area contributed by atoms with Crippen LogP contribution in [0.25, 0.3) is 0 Å². The van der Waals surface area contributed by atoms with E-state index in [4.69, 9.17) is 33.2 Å². The lowest BCUT2D eigenvalue weighted by Crippen LogP contribution is -2.16. The Kier molecular flexibility index (Phi) is 4.64. The van der Waals surface area contributed by atoms with E-state index in [0.717, 1.165) is 0 Å². The largest absolute Gasteiger partial charge is 0.489 e. The average molecular weight is 274 g/mol. The molecule has 0 saturated heterocycles. The number of aliphatic hydroxyl groups is 1. The van der Waals surface area contributed by atoms with Crippen molar-refractivity contribution in [2.24, 2.45) is 0 Å². The van der Waals surface area contributed by atoms with Gasteiger partial charge in [0.2, 0.25) is 0 Å². The van der Waals surface area contributed by atoms with Crippen molar-refractivity contribution in [3.8, 4) is 11.8 Å². The van der Waals surface area contributed by atoms with Crippen LogP contribution in [0.4, 0.5) is 0 Å². The van der Waals surface area contributed by atoms with E-state index < -0.39 is 5.60 Å². The summed E-state index contributed by atoms with van der Waals surface area (Å²) in [6.07, 6.45) is 0. The molecule has 0 atom stereocenters. The van der Waals surface area contributed by atoms with Crippen LogP contribution >= 0.6 is 23.2 Å². The van der Waals surface area contributed by atoms with Crippen LogP contribution in [0.3, 0.4) is 0 Å². The number of nitriles is 1. The van der Waals surface area contributed by atoms with E-state index in [1.807, 2.05) is 6.07 Å². The Morgan fingerprint density at radius 1 is 1.47 bits per heavy atom. The summed E-state index contributed by atoms with van der Waals surface area (Å²) in [4.78, 5) is 0. The molecule has 0 saturated carbocycles. The fourth-order valence-electron chi connectivity index (χ4n) is 1.32. The van der Waals surface area contributed by atoms with E-state index in [9.17, 15) is 5.11 Å². The molecule has 0 aliphatic carbocycles. The van der Waals surface area contributed by atoms with Gasteiger partial charge in [-0.2, -0.15) is 5.26 Å². The molecule has 1 rings (SSSR count). The Labute approximate surface area is 111 Å². The summed E-state index contributed by atoms with van der Waals surface area (Å²) in [7, 11) is 0. The topological polar surface area (TPSA) is 53.2 Å². The molecule has 0 aliphatic heterocycles. The van der Waals surface area contributed by atoms with E-state index in [2.05, 4.69) is 0 Å². The molecule has 1 aromatic rings. The first kappa shape index (κ1) is 14.1. The second-order valence-corrected chi connectivity index (χ2v) is 4.83. The number of rotatable bonds is 4. The molecule has 1 aromatic carbocycles. The van der Waals surface area contributed by atoms with Crippen molar-refractivity contribution in [1.82, 2.24) is 0 Å². The van der Waals surface area contributed by atoms with Gasteiger partial charge in [-0.25, -0.2) is 0 Å². The minimum absolute atomic E-state index is 0.276. The third-order valence-corrected chi connectivity index (χ3v) is 2.63. The van der Waals surface area contributed by atoms with Crippen molar-refractivity contribution in [1.29, 1.82) is 5.26 Å². The summed E-state index contributed by atoms with van der Waals surface area (Å²) in [5.74, 6) is 0.622. The lowest BCUT2D eigenvalue weighted by Gasteiger charge is -2.19. The number of benzene rings is 1. The van der Waals surface area contributed by atoms with Crippen molar-refractivity contribution in [2.45, 2.75) is 19.4 Å². The van der Waals surface area contributed by atoms with Gasteiger partial charge in [0, 0.05) is 0 Å². The lowest BCUT2D eigenvalue weighted by atomic mass is 9.96. The van der Waals surface area contributed by atoms with Gasteiger partial charge in [0.15, 0.2) is 5.75 Å². The molecule has 5 heteroatoms. The summed E-state index contributed by atoms with van der Waals surface area (Å²) in [5, 5.41) is 19.2. The van der Waals surface area contributed by atoms with E-state index in [1.165, 1.54) is 0 Å². The van der Waals surface area contributed by atoms with Crippen LogP contribution in [0.15, 0.2) is 12.1 Å². The monoisotopic (exact) mass is 273 g/mol. The molecule has 0 aromatic heterocycles. The standard InChI is InChI=1S/C12H13Cl2NO2/c1-12(2,16)9-5-8(7-15)11(10(14)6-9)17-4-3-13/h5-6,16H,3-4H2,1-2H3. The summed E-state index contributed by atoms with van der Waals surface area (Å²) in [6, 6.07) is 5.15. The van der Waals surface area contributed by atoms with Crippen LogP contribution in [0.5, 0.6) is 5.75 Å². The summed E-state index contributed by atoms with van der Waals surface area (Å²) < 4.78 is 5.31. The van der Waals surface area contributed by atoms with Crippen LogP contribution < -0.4 is 4.74 Å². The number of alkyl halides is 1. The highest BCUT2D eigenvalue weighted by Crippen LogP contribution is 2.33. The molecule has 0 amide bonds. The average Bonchev–Trinajstić information content (AvgIpc) is 2.25. The van der Waals surface area contributed by atoms with Gasteiger partial charge in [0.1, 0.15) is 12.7 Å². The zero-order chi connectivity index (χ0) is 13.1. The Balaban J connectivity index is 3.23. The maximum Gasteiger partial charge on any atom is 0.155 e. The first-order valence-electron chi connectivity index (χ1n) is 5.05. The Bertz CT molecular complexity index is 447. The molecule has 17 heavy (non-hydrogen) atoms. The Morgan fingerprint density at radius 3 is 2.59 bits per heavy atom. The molecule has 0 aliphatic rings. The van der Waals surface area contributed by atoms with Crippen molar-refractivity contribution < 1.29 is 9.84 Å². The SMILES string of the molecule is CC(C)(O)c1cc(Cl)c(OCCCl)c(C#N)c1. The van der Waals surface area contributed by atoms with E-state index >= 15 is 0 Å². The quantitative estimate of drug-likeness (QED) is 0.858. The molecular weight excluding hydrogens is 261 g/mol. The first-order valence-corrected chi connectivity index (χ1v) is 5.96. The zero-order valence-electron chi connectivity index (χ0n) is 9.63. The van der Waals surface area contributed by atoms with Gasteiger partial charge in [0.05, 0.1) is 22.1 Å². The summed E-state index contributed by atoms with van der Waals surface area (Å²) in [6.45, 7) is 3.52. The second-order valence-electron chi connectivity index (χ2n) is 4.04. The molecule has 92 valence electrons. The van der Waals surface area contributed by atoms with Gasteiger partial charge in [-0.1, -0.05) is 11.6 Å². The number of hydrogen-bond donors (Lipinski definition) is 1. The van der Waals surface area contributed by atoms with Gasteiger partial charge < -0.3 is 9.84 Å². The van der Waals surface area contributed by atoms with Crippen molar-refractivity contribution in [3.05, 3.63) is 28.3 Å². The highest BCUT2D eigenvalue weighted by atomic mass is 35.5. The molecule has 1 N–H and O–H groups in total. The van der Waals surface area contributed by atoms with Gasteiger partial charge in [-0.3, -0.25) is 0 Å². The molecule has 0 radical (unpaired) electrons. The summed E-state index contributed by atoms with van der Waals surface area (Å²) in [5.41, 5.74) is -0.197. The van der Waals surface area contributed by atoms with Gasteiger partial charge >= 0.3 is 0 Å². The van der Waals surface area contributed by atoms with Crippen molar-refractivity contribution in [2.75, 3.05) is 12.5 Å².